The summed E-state index contributed by atoms with van der Waals surface area (Å²) in [4.78, 5) is 38.8. The fourth-order valence-electron chi connectivity index (χ4n) is 3.31. The van der Waals surface area contributed by atoms with Gasteiger partial charge >= 0.3 is 5.97 Å². The molecule has 27 heavy (non-hydrogen) atoms. The highest BCUT2D eigenvalue weighted by Gasteiger charge is 2.38. The van der Waals surface area contributed by atoms with Gasteiger partial charge in [-0.1, -0.05) is 60.1 Å². The Morgan fingerprint density at radius 1 is 1.26 bits per heavy atom. The van der Waals surface area contributed by atoms with Crippen molar-refractivity contribution in [2.24, 2.45) is 5.92 Å². The first-order valence-electron chi connectivity index (χ1n) is 9.22. The number of benzene rings is 1. The largest absolute Gasteiger partial charge is 0.467 e. The predicted octanol–water partition coefficient (Wildman–Crippen LogP) is 2.82. The van der Waals surface area contributed by atoms with E-state index in [-0.39, 0.29) is 17.7 Å². The number of alkyl halides is 1. The van der Waals surface area contributed by atoms with Crippen LogP contribution in [0, 0.1) is 5.92 Å². The molecule has 0 saturated carbocycles. The number of rotatable bonds is 7. The number of ether oxygens (including phenoxy) is 1. The zero-order chi connectivity index (χ0) is 20.0. The van der Waals surface area contributed by atoms with E-state index in [1.165, 1.54) is 7.11 Å². The van der Waals surface area contributed by atoms with Gasteiger partial charge in [0.15, 0.2) is 0 Å². The van der Waals surface area contributed by atoms with E-state index in [0.717, 1.165) is 12.0 Å². The van der Waals surface area contributed by atoms with E-state index < -0.39 is 22.9 Å². The summed E-state index contributed by atoms with van der Waals surface area (Å²) in [6.45, 7) is 4.48. The van der Waals surface area contributed by atoms with E-state index in [0.29, 0.717) is 19.4 Å². The van der Waals surface area contributed by atoms with Crippen molar-refractivity contribution in [1.82, 2.24) is 10.2 Å². The number of methoxy groups -OCH3 is 1. The molecule has 1 aromatic carbocycles. The zero-order valence-electron chi connectivity index (χ0n) is 16.0. The maximum absolute atomic E-state index is 12.9. The molecule has 1 aliphatic heterocycles. The van der Waals surface area contributed by atoms with Crippen molar-refractivity contribution in [2.45, 2.75) is 50.0 Å². The van der Waals surface area contributed by atoms with Gasteiger partial charge in [0.1, 0.15) is 16.9 Å². The third kappa shape index (κ3) is 5.54. The van der Waals surface area contributed by atoms with Gasteiger partial charge < -0.3 is 15.0 Å². The zero-order valence-corrected chi connectivity index (χ0v) is 17.6. The standard InChI is InChI=1S/C20H27BrN2O4/c1-13(2)12-15(20(26)27-3)22-18(24)16-10-7-11-23(16)19(25)17(21)14-8-5-4-6-9-14/h4-6,8-9,13,15-17H,7,10-12H2,1-3H3,(H,22,24)/t15-,16-,17?/m0/s1. The van der Waals surface area contributed by atoms with E-state index in [1.807, 2.05) is 44.2 Å². The minimum Gasteiger partial charge on any atom is -0.467 e. The summed E-state index contributed by atoms with van der Waals surface area (Å²) in [5, 5.41) is 2.78. The second kappa shape index (κ2) is 9.88. The van der Waals surface area contributed by atoms with Gasteiger partial charge in [-0.15, -0.1) is 0 Å². The van der Waals surface area contributed by atoms with Crippen molar-refractivity contribution in [3.63, 3.8) is 0 Å². The van der Waals surface area contributed by atoms with Crippen LogP contribution in [-0.4, -0.2) is 48.4 Å². The van der Waals surface area contributed by atoms with Crippen LogP contribution < -0.4 is 5.32 Å². The van der Waals surface area contributed by atoms with Crippen LogP contribution in [0.2, 0.25) is 0 Å². The second-order valence-electron chi connectivity index (χ2n) is 7.18. The average Bonchev–Trinajstić information content (AvgIpc) is 3.15. The molecule has 1 aromatic rings. The molecule has 1 saturated heterocycles. The van der Waals surface area contributed by atoms with Crippen LogP contribution in [0.15, 0.2) is 30.3 Å². The predicted molar refractivity (Wildman–Crippen MR) is 106 cm³/mol. The van der Waals surface area contributed by atoms with Gasteiger partial charge in [-0.05, 0) is 30.7 Å². The first-order chi connectivity index (χ1) is 12.8. The fourth-order valence-corrected chi connectivity index (χ4v) is 3.88. The molecule has 0 bridgehead atoms. The first kappa shape index (κ1) is 21.4. The molecule has 7 heteroatoms. The Labute approximate surface area is 168 Å². The third-order valence-corrected chi connectivity index (χ3v) is 5.58. The molecule has 1 heterocycles. The van der Waals surface area contributed by atoms with Crippen LogP contribution in [0.4, 0.5) is 0 Å². The molecule has 2 amide bonds. The van der Waals surface area contributed by atoms with Crippen LogP contribution in [0.25, 0.3) is 0 Å². The SMILES string of the molecule is COC(=O)[C@H](CC(C)C)NC(=O)[C@@H]1CCCN1C(=O)C(Br)c1ccccc1. The van der Waals surface area contributed by atoms with E-state index >= 15 is 0 Å². The van der Waals surface area contributed by atoms with Gasteiger partial charge in [0.25, 0.3) is 0 Å². The van der Waals surface area contributed by atoms with Crippen molar-refractivity contribution < 1.29 is 19.1 Å². The lowest BCUT2D eigenvalue weighted by Gasteiger charge is -2.28. The quantitative estimate of drug-likeness (QED) is 0.524. The van der Waals surface area contributed by atoms with Crippen LogP contribution in [-0.2, 0) is 19.1 Å². The number of nitrogens with zero attached hydrogens (tertiary/aromatic N) is 1. The lowest BCUT2D eigenvalue weighted by molar-refractivity contribution is -0.146. The summed E-state index contributed by atoms with van der Waals surface area (Å²) < 4.78 is 4.81. The molecule has 0 aliphatic carbocycles. The smallest absolute Gasteiger partial charge is 0.328 e. The maximum Gasteiger partial charge on any atom is 0.328 e. The second-order valence-corrected chi connectivity index (χ2v) is 8.09. The molecule has 1 fully saturated rings. The summed E-state index contributed by atoms with van der Waals surface area (Å²) in [6, 6.07) is 8.11. The molecule has 0 radical (unpaired) electrons. The number of hydrogen-bond acceptors (Lipinski definition) is 4. The summed E-state index contributed by atoms with van der Waals surface area (Å²) in [7, 11) is 1.31. The van der Waals surface area contributed by atoms with Crippen molar-refractivity contribution in [2.75, 3.05) is 13.7 Å². The van der Waals surface area contributed by atoms with Crippen LogP contribution >= 0.6 is 15.9 Å². The summed E-state index contributed by atoms with van der Waals surface area (Å²) in [5.74, 6) is -0.682. The molecule has 148 valence electrons. The van der Waals surface area contributed by atoms with Gasteiger partial charge in [-0.2, -0.15) is 0 Å². The Bertz CT molecular complexity index is 665. The Hall–Kier alpha value is -1.89. The molecule has 1 unspecified atom stereocenters. The molecular formula is C20H27BrN2O4. The van der Waals surface area contributed by atoms with Crippen LogP contribution in [0.3, 0.4) is 0 Å². The minimum absolute atomic E-state index is 0.141. The maximum atomic E-state index is 12.9. The van der Waals surface area contributed by atoms with E-state index in [2.05, 4.69) is 21.2 Å². The molecule has 3 atom stereocenters. The number of nitrogens with one attached hydrogen (secondary N) is 1. The Balaban J connectivity index is 2.08. The topological polar surface area (TPSA) is 75.7 Å². The van der Waals surface area contributed by atoms with Crippen LogP contribution in [0.5, 0.6) is 0 Å². The summed E-state index contributed by atoms with van der Waals surface area (Å²) in [5.41, 5.74) is 0.848. The normalized spacial score (nSPS) is 18.9. The number of hydrogen-bond donors (Lipinski definition) is 1. The summed E-state index contributed by atoms with van der Waals surface area (Å²) in [6.07, 6.45) is 1.83. The van der Waals surface area contributed by atoms with Crippen molar-refractivity contribution in [3.05, 3.63) is 35.9 Å². The summed E-state index contributed by atoms with van der Waals surface area (Å²) >= 11 is 3.46. The van der Waals surface area contributed by atoms with Gasteiger partial charge in [-0.3, -0.25) is 9.59 Å². The number of likely N-dealkylation sites (tertiary alicyclic amines) is 1. The molecule has 6 nitrogen and oxygen atoms in total. The molecule has 2 rings (SSSR count). The van der Waals surface area contributed by atoms with Gasteiger partial charge in [0.2, 0.25) is 11.8 Å². The molecule has 0 spiro atoms. The van der Waals surface area contributed by atoms with Crippen molar-refractivity contribution in [3.8, 4) is 0 Å². The number of esters is 1. The molecular weight excluding hydrogens is 412 g/mol. The van der Waals surface area contributed by atoms with E-state index in [9.17, 15) is 14.4 Å². The number of amides is 2. The Morgan fingerprint density at radius 3 is 2.52 bits per heavy atom. The molecule has 1 N–H and O–H groups in total. The van der Waals surface area contributed by atoms with Crippen molar-refractivity contribution >= 4 is 33.7 Å². The Morgan fingerprint density at radius 2 is 1.93 bits per heavy atom. The van der Waals surface area contributed by atoms with Gasteiger partial charge in [0, 0.05) is 6.54 Å². The van der Waals surface area contributed by atoms with Crippen LogP contribution in [0.1, 0.15) is 43.5 Å². The number of halogens is 1. The van der Waals surface area contributed by atoms with Gasteiger partial charge in [-0.25, -0.2) is 4.79 Å². The Kier molecular flexibility index (Phi) is 7.83. The lowest BCUT2D eigenvalue weighted by atomic mass is 10.0. The van der Waals surface area contributed by atoms with E-state index in [1.54, 1.807) is 4.90 Å². The number of carbonyl (C=O) groups is 3. The highest BCUT2D eigenvalue weighted by Crippen LogP contribution is 2.29. The fraction of sp³-hybridized carbons (Fsp3) is 0.550. The highest BCUT2D eigenvalue weighted by molar-refractivity contribution is 9.09. The van der Waals surface area contributed by atoms with E-state index in [4.69, 9.17) is 4.74 Å². The van der Waals surface area contributed by atoms with Crippen molar-refractivity contribution in [1.29, 1.82) is 0 Å². The lowest BCUT2D eigenvalue weighted by Crippen LogP contribution is -2.51. The first-order valence-corrected chi connectivity index (χ1v) is 10.1. The molecule has 0 aromatic heterocycles. The van der Waals surface area contributed by atoms with Gasteiger partial charge in [0.05, 0.1) is 7.11 Å². The average molecular weight is 439 g/mol. The third-order valence-electron chi connectivity index (χ3n) is 4.66. The minimum atomic E-state index is -0.700. The molecule has 1 aliphatic rings. The number of carbonyl (C=O) groups excluding carboxylic acids is 3. The highest BCUT2D eigenvalue weighted by atomic mass is 79.9. The monoisotopic (exact) mass is 438 g/mol.